The Bertz CT molecular complexity index is 512. The molecule has 0 aliphatic heterocycles. The van der Waals surface area contributed by atoms with E-state index < -0.39 is 0 Å². The molecule has 0 aromatic carbocycles. The van der Waals surface area contributed by atoms with Gasteiger partial charge in [-0.25, -0.2) is 4.98 Å². The van der Waals surface area contributed by atoms with Crippen LogP contribution in [0, 0.1) is 13.8 Å². The molecule has 0 saturated heterocycles. The van der Waals surface area contributed by atoms with Gasteiger partial charge in [0.2, 0.25) is 5.95 Å². The average Bonchev–Trinajstić information content (AvgIpc) is 2.70. The van der Waals surface area contributed by atoms with Gasteiger partial charge in [0.15, 0.2) is 0 Å². The third kappa shape index (κ3) is 3.38. The molecular weight excluding hydrogens is 256 g/mol. The van der Waals surface area contributed by atoms with Crippen LogP contribution in [0.1, 0.15) is 16.3 Å². The Labute approximate surface area is 109 Å². The van der Waals surface area contributed by atoms with Gasteiger partial charge in [0, 0.05) is 11.4 Å². The fourth-order valence-electron chi connectivity index (χ4n) is 1.32. The molecule has 2 aromatic rings. The lowest BCUT2D eigenvalue weighted by Gasteiger charge is -2.04. The highest BCUT2D eigenvalue weighted by Gasteiger charge is 2.02. The number of aromatic nitrogens is 3. The van der Waals surface area contributed by atoms with Crippen molar-refractivity contribution in [2.75, 3.05) is 11.9 Å². The SMILES string of the molecule is Cc1nnc(NCCc2ccc(Cl)s2)nc1C. The number of halogens is 1. The van der Waals surface area contributed by atoms with E-state index in [1.54, 1.807) is 11.3 Å². The van der Waals surface area contributed by atoms with Crippen LogP contribution in [0.2, 0.25) is 4.34 Å². The van der Waals surface area contributed by atoms with Crippen molar-refractivity contribution in [1.29, 1.82) is 0 Å². The quantitative estimate of drug-likeness (QED) is 0.926. The van der Waals surface area contributed by atoms with Crippen LogP contribution < -0.4 is 5.32 Å². The predicted molar refractivity (Wildman–Crippen MR) is 70.8 cm³/mol. The van der Waals surface area contributed by atoms with Crippen molar-refractivity contribution in [2.24, 2.45) is 0 Å². The van der Waals surface area contributed by atoms with E-state index >= 15 is 0 Å². The van der Waals surface area contributed by atoms with E-state index in [1.165, 1.54) is 4.88 Å². The van der Waals surface area contributed by atoms with E-state index in [0.29, 0.717) is 5.95 Å². The van der Waals surface area contributed by atoms with Crippen molar-refractivity contribution in [1.82, 2.24) is 15.2 Å². The Morgan fingerprint density at radius 2 is 2.06 bits per heavy atom. The first-order valence-corrected chi connectivity index (χ1v) is 6.50. The third-order valence-corrected chi connectivity index (χ3v) is 3.67. The standard InChI is InChI=1S/C11H13ClN4S/c1-7-8(2)15-16-11(14-7)13-6-5-9-3-4-10(12)17-9/h3-4H,5-6H2,1-2H3,(H,13,14,16). The van der Waals surface area contributed by atoms with Gasteiger partial charge >= 0.3 is 0 Å². The van der Waals surface area contributed by atoms with E-state index in [-0.39, 0.29) is 0 Å². The number of nitrogens with zero attached hydrogens (tertiary/aromatic N) is 3. The van der Waals surface area contributed by atoms with Crippen molar-refractivity contribution in [3.05, 3.63) is 32.7 Å². The van der Waals surface area contributed by atoms with Gasteiger partial charge in [0.25, 0.3) is 0 Å². The van der Waals surface area contributed by atoms with E-state index in [2.05, 4.69) is 20.5 Å². The molecule has 2 heterocycles. The molecule has 0 unspecified atom stereocenters. The minimum absolute atomic E-state index is 0.579. The van der Waals surface area contributed by atoms with Crippen molar-refractivity contribution in [3.8, 4) is 0 Å². The van der Waals surface area contributed by atoms with Crippen LogP contribution in [0.25, 0.3) is 0 Å². The highest BCUT2D eigenvalue weighted by atomic mass is 35.5. The second kappa shape index (κ2) is 5.42. The van der Waals surface area contributed by atoms with Crippen LogP contribution in [-0.2, 0) is 6.42 Å². The largest absolute Gasteiger partial charge is 0.353 e. The second-order valence-electron chi connectivity index (χ2n) is 3.69. The lowest BCUT2D eigenvalue weighted by atomic mass is 10.3. The summed E-state index contributed by atoms with van der Waals surface area (Å²) in [6, 6.07) is 3.95. The maximum absolute atomic E-state index is 5.86. The first-order valence-electron chi connectivity index (χ1n) is 5.31. The summed E-state index contributed by atoms with van der Waals surface area (Å²) >= 11 is 7.46. The number of nitrogens with one attached hydrogen (secondary N) is 1. The summed E-state index contributed by atoms with van der Waals surface area (Å²) in [5.41, 5.74) is 1.77. The number of hydrogen-bond donors (Lipinski definition) is 1. The minimum Gasteiger partial charge on any atom is -0.353 e. The summed E-state index contributed by atoms with van der Waals surface area (Å²) in [6.45, 7) is 4.60. The Hall–Kier alpha value is -1.20. The number of anilines is 1. The van der Waals surface area contributed by atoms with Gasteiger partial charge in [-0.3, -0.25) is 0 Å². The molecule has 4 nitrogen and oxygen atoms in total. The normalized spacial score (nSPS) is 10.5. The first kappa shape index (κ1) is 12.3. The molecule has 2 rings (SSSR count). The van der Waals surface area contributed by atoms with Crippen LogP contribution >= 0.6 is 22.9 Å². The zero-order valence-electron chi connectivity index (χ0n) is 9.70. The highest BCUT2D eigenvalue weighted by Crippen LogP contribution is 2.21. The van der Waals surface area contributed by atoms with E-state index in [0.717, 1.165) is 28.7 Å². The number of thiophene rings is 1. The van der Waals surface area contributed by atoms with Gasteiger partial charge in [-0.1, -0.05) is 11.6 Å². The number of hydrogen-bond acceptors (Lipinski definition) is 5. The van der Waals surface area contributed by atoms with Crippen molar-refractivity contribution in [3.63, 3.8) is 0 Å². The van der Waals surface area contributed by atoms with E-state index in [9.17, 15) is 0 Å². The molecule has 0 spiro atoms. The van der Waals surface area contributed by atoms with Crippen molar-refractivity contribution in [2.45, 2.75) is 20.3 Å². The molecule has 0 atom stereocenters. The predicted octanol–water partition coefficient (Wildman–Crippen LogP) is 2.86. The summed E-state index contributed by atoms with van der Waals surface area (Å²) in [7, 11) is 0. The summed E-state index contributed by atoms with van der Waals surface area (Å²) in [6.07, 6.45) is 0.910. The van der Waals surface area contributed by atoms with Crippen LogP contribution in [0.3, 0.4) is 0 Å². The summed E-state index contributed by atoms with van der Waals surface area (Å²) in [5, 5.41) is 11.1. The molecular formula is C11H13ClN4S. The molecule has 90 valence electrons. The molecule has 0 fully saturated rings. The molecule has 0 amide bonds. The van der Waals surface area contributed by atoms with Crippen LogP contribution in [-0.4, -0.2) is 21.7 Å². The topological polar surface area (TPSA) is 50.7 Å². The fraction of sp³-hybridized carbons (Fsp3) is 0.364. The van der Waals surface area contributed by atoms with Gasteiger partial charge in [0.1, 0.15) is 0 Å². The zero-order valence-corrected chi connectivity index (χ0v) is 11.3. The Kier molecular flexibility index (Phi) is 3.91. The smallest absolute Gasteiger partial charge is 0.242 e. The van der Waals surface area contributed by atoms with E-state index in [4.69, 9.17) is 11.6 Å². The maximum atomic E-state index is 5.86. The van der Waals surface area contributed by atoms with Gasteiger partial charge < -0.3 is 5.32 Å². The van der Waals surface area contributed by atoms with Gasteiger partial charge in [-0.2, -0.15) is 5.10 Å². The summed E-state index contributed by atoms with van der Waals surface area (Å²) < 4.78 is 0.823. The molecule has 1 N–H and O–H groups in total. The van der Waals surface area contributed by atoms with Crippen molar-refractivity contribution < 1.29 is 0 Å². The first-order chi connectivity index (χ1) is 8.15. The van der Waals surface area contributed by atoms with Gasteiger partial charge in [0.05, 0.1) is 15.7 Å². The highest BCUT2D eigenvalue weighted by molar-refractivity contribution is 7.16. The maximum Gasteiger partial charge on any atom is 0.242 e. The average molecular weight is 269 g/mol. The lowest BCUT2D eigenvalue weighted by Crippen LogP contribution is -2.09. The summed E-state index contributed by atoms with van der Waals surface area (Å²) in [5.74, 6) is 0.579. The van der Waals surface area contributed by atoms with Crippen LogP contribution in [0.15, 0.2) is 12.1 Å². The second-order valence-corrected chi connectivity index (χ2v) is 5.49. The monoisotopic (exact) mass is 268 g/mol. The number of rotatable bonds is 4. The van der Waals surface area contributed by atoms with Gasteiger partial charge in [-0.05, 0) is 32.4 Å². The molecule has 0 aliphatic carbocycles. The fourth-order valence-corrected chi connectivity index (χ4v) is 2.40. The third-order valence-electron chi connectivity index (χ3n) is 2.38. The lowest BCUT2D eigenvalue weighted by molar-refractivity contribution is 0.880. The Morgan fingerprint density at radius 3 is 2.71 bits per heavy atom. The minimum atomic E-state index is 0.579. The zero-order chi connectivity index (χ0) is 12.3. The van der Waals surface area contributed by atoms with Crippen LogP contribution in [0.5, 0.6) is 0 Å². The Morgan fingerprint density at radius 1 is 1.24 bits per heavy atom. The Balaban J connectivity index is 1.87. The molecule has 17 heavy (non-hydrogen) atoms. The van der Waals surface area contributed by atoms with Crippen molar-refractivity contribution >= 4 is 28.9 Å². The van der Waals surface area contributed by atoms with E-state index in [1.807, 2.05) is 26.0 Å². The molecule has 0 bridgehead atoms. The molecule has 6 heteroatoms. The molecule has 0 radical (unpaired) electrons. The van der Waals surface area contributed by atoms with Crippen LogP contribution in [0.4, 0.5) is 5.95 Å². The number of aryl methyl sites for hydroxylation is 2. The van der Waals surface area contributed by atoms with Gasteiger partial charge in [-0.15, -0.1) is 16.4 Å². The molecule has 0 saturated carbocycles. The molecule has 2 aromatic heterocycles. The molecule has 0 aliphatic rings. The summed E-state index contributed by atoms with van der Waals surface area (Å²) in [4.78, 5) is 5.55.